The van der Waals surface area contributed by atoms with Crippen molar-refractivity contribution < 1.29 is 13.2 Å². The predicted molar refractivity (Wildman–Crippen MR) is 103 cm³/mol. The molecule has 0 radical (unpaired) electrons. The molecule has 1 heterocycles. The van der Waals surface area contributed by atoms with Gasteiger partial charge in [-0.05, 0) is 18.4 Å². The first kappa shape index (κ1) is 20.2. The summed E-state index contributed by atoms with van der Waals surface area (Å²) in [6.45, 7) is 1.36. The van der Waals surface area contributed by atoms with Gasteiger partial charge in [-0.2, -0.15) is 28.8 Å². The number of rotatable bonds is 8. The third-order valence-electron chi connectivity index (χ3n) is 4.20. The number of carbonyl (C=O) groups is 1. The lowest BCUT2D eigenvalue weighted by molar-refractivity contribution is -0.125. The van der Waals surface area contributed by atoms with Gasteiger partial charge in [-0.3, -0.25) is 4.79 Å². The van der Waals surface area contributed by atoms with Gasteiger partial charge in [0.2, 0.25) is 5.91 Å². The number of amides is 1. The smallest absolute Gasteiger partial charge is 0.281 e. The maximum atomic E-state index is 12.3. The number of nitrogens with one attached hydrogen (secondary N) is 1. The highest BCUT2D eigenvalue weighted by Crippen LogP contribution is 2.20. The number of hydrogen-bond acceptors (Lipinski definition) is 4. The SMILES string of the molecule is CN(C)S(=O)(=O)N1CCC[C@@H](C(=O)NCCSCc2ccccc2)C1. The van der Waals surface area contributed by atoms with Crippen molar-refractivity contribution in [2.45, 2.75) is 18.6 Å². The highest BCUT2D eigenvalue weighted by Gasteiger charge is 2.33. The van der Waals surface area contributed by atoms with Crippen LogP contribution in [0.2, 0.25) is 0 Å². The predicted octanol–water partition coefficient (Wildman–Crippen LogP) is 1.55. The summed E-state index contributed by atoms with van der Waals surface area (Å²) in [6.07, 6.45) is 1.45. The van der Waals surface area contributed by atoms with Crippen LogP contribution in [0, 0.1) is 5.92 Å². The molecule has 8 heteroatoms. The van der Waals surface area contributed by atoms with E-state index in [0.717, 1.165) is 17.9 Å². The van der Waals surface area contributed by atoms with Crippen LogP contribution in [-0.4, -0.2) is 62.4 Å². The molecule has 1 amide bonds. The Balaban J connectivity index is 1.71. The number of carbonyl (C=O) groups excluding carboxylic acids is 1. The van der Waals surface area contributed by atoms with Crippen LogP contribution in [0.5, 0.6) is 0 Å². The minimum atomic E-state index is -3.44. The van der Waals surface area contributed by atoms with E-state index < -0.39 is 10.2 Å². The highest BCUT2D eigenvalue weighted by atomic mass is 32.2. The standard InChI is InChI=1S/C17H27N3O3S2/c1-19(2)25(22,23)20-11-6-9-16(13-20)17(21)18-10-12-24-14-15-7-4-3-5-8-15/h3-5,7-8,16H,6,9-14H2,1-2H3,(H,18,21)/t16-/m1/s1. The highest BCUT2D eigenvalue weighted by molar-refractivity contribution is 7.98. The number of thioether (sulfide) groups is 1. The van der Waals surface area contributed by atoms with Gasteiger partial charge in [0, 0.05) is 45.2 Å². The van der Waals surface area contributed by atoms with Gasteiger partial charge in [-0.25, -0.2) is 0 Å². The second-order valence-electron chi connectivity index (χ2n) is 6.32. The van der Waals surface area contributed by atoms with Gasteiger partial charge in [0.15, 0.2) is 0 Å². The summed E-state index contributed by atoms with van der Waals surface area (Å²) < 4.78 is 27.0. The van der Waals surface area contributed by atoms with E-state index in [1.807, 2.05) is 18.2 Å². The molecular formula is C17H27N3O3S2. The molecule has 1 fully saturated rings. The van der Waals surface area contributed by atoms with Gasteiger partial charge < -0.3 is 5.32 Å². The fourth-order valence-electron chi connectivity index (χ4n) is 2.75. The molecule has 1 N–H and O–H groups in total. The summed E-state index contributed by atoms with van der Waals surface area (Å²) in [7, 11) is -0.410. The van der Waals surface area contributed by atoms with Crippen molar-refractivity contribution in [1.82, 2.24) is 13.9 Å². The fourth-order valence-corrected chi connectivity index (χ4v) is 4.76. The van der Waals surface area contributed by atoms with Gasteiger partial charge in [0.1, 0.15) is 0 Å². The lowest BCUT2D eigenvalue weighted by Crippen LogP contribution is -2.49. The Hall–Kier alpha value is -1.09. The molecule has 25 heavy (non-hydrogen) atoms. The molecule has 0 aromatic heterocycles. The first-order valence-electron chi connectivity index (χ1n) is 8.48. The van der Waals surface area contributed by atoms with Crippen LogP contribution >= 0.6 is 11.8 Å². The van der Waals surface area contributed by atoms with E-state index in [0.29, 0.717) is 19.5 Å². The van der Waals surface area contributed by atoms with Crippen LogP contribution in [0.25, 0.3) is 0 Å². The summed E-state index contributed by atoms with van der Waals surface area (Å²) in [5.41, 5.74) is 1.27. The van der Waals surface area contributed by atoms with Crippen molar-refractivity contribution in [2.24, 2.45) is 5.92 Å². The number of hydrogen-bond donors (Lipinski definition) is 1. The van der Waals surface area contributed by atoms with Gasteiger partial charge in [-0.1, -0.05) is 30.3 Å². The quantitative estimate of drug-likeness (QED) is 0.690. The molecule has 1 aromatic carbocycles. The third-order valence-corrected chi connectivity index (χ3v) is 7.14. The Morgan fingerprint density at radius 2 is 2.04 bits per heavy atom. The molecule has 0 spiro atoms. The molecule has 1 saturated heterocycles. The molecule has 1 aromatic rings. The third kappa shape index (κ3) is 5.99. The Morgan fingerprint density at radius 3 is 2.72 bits per heavy atom. The molecule has 0 aliphatic carbocycles. The molecule has 140 valence electrons. The van der Waals surface area contributed by atoms with Crippen molar-refractivity contribution in [3.05, 3.63) is 35.9 Å². The first-order valence-corrected chi connectivity index (χ1v) is 11.0. The zero-order valence-corrected chi connectivity index (χ0v) is 16.5. The van der Waals surface area contributed by atoms with Gasteiger partial charge in [0.25, 0.3) is 10.2 Å². The minimum Gasteiger partial charge on any atom is -0.355 e. The monoisotopic (exact) mass is 385 g/mol. The molecule has 2 rings (SSSR count). The van der Waals surface area contributed by atoms with E-state index in [4.69, 9.17) is 0 Å². The van der Waals surface area contributed by atoms with Gasteiger partial charge in [0.05, 0.1) is 5.92 Å². The lowest BCUT2D eigenvalue weighted by Gasteiger charge is -2.32. The largest absolute Gasteiger partial charge is 0.355 e. The number of benzene rings is 1. The summed E-state index contributed by atoms with van der Waals surface area (Å²) >= 11 is 1.78. The number of nitrogens with zero attached hydrogens (tertiary/aromatic N) is 2. The maximum Gasteiger partial charge on any atom is 0.281 e. The maximum absolute atomic E-state index is 12.3. The Kier molecular flexibility index (Phi) is 7.74. The summed E-state index contributed by atoms with van der Waals surface area (Å²) in [5, 5.41) is 2.95. The molecule has 0 unspecified atom stereocenters. The van der Waals surface area contributed by atoms with E-state index in [2.05, 4.69) is 17.4 Å². The van der Waals surface area contributed by atoms with Crippen LogP contribution < -0.4 is 5.32 Å². The van der Waals surface area contributed by atoms with Crippen molar-refractivity contribution in [3.8, 4) is 0 Å². The Morgan fingerprint density at radius 1 is 1.32 bits per heavy atom. The zero-order chi connectivity index (χ0) is 18.3. The van der Waals surface area contributed by atoms with E-state index in [9.17, 15) is 13.2 Å². The topological polar surface area (TPSA) is 69.7 Å². The number of piperidine rings is 1. The summed E-state index contributed by atoms with van der Waals surface area (Å²) in [4.78, 5) is 12.3. The van der Waals surface area contributed by atoms with Crippen LogP contribution in [0.1, 0.15) is 18.4 Å². The zero-order valence-electron chi connectivity index (χ0n) is 14.8. The van der Waals surface area contributed by atoms with Crippen molar-refractivity contribution >= 4 is 27.9 Å². The van der Waals surface area contributed by atoms with Gasteiger partial charge >= 0.3 is 0 Å². The van der Waals surface area contributed by atoms with Crippen molar-refractivity contribution in [3.63, 3.8) is 0 Å². The van der Waals surface area contributed by atoms with Crippen LogP contribution in [-0.2, 0) is 20.8 Å². The van der Waals surface area contributed by atoms with Gasteiger partial charge in [-0.15, -0.1) is 0 Å². The average Bonchev–Trinajstić information content (AvgIpc) is 2.62. The molecule has 1 aliphatic heterocycles. The van der Waals surface area contributed by atoms with Crippen LogP contribution in [0.3, 0.4) is 0 Å². The van der Waals surface area contributed by atoms with Crippen molar-refractivity contribution in [1.29, 1.82) is 0 Å². The minimum absolute atomic E-state index is 0.0426. The van der Waals surface area contributed by atoms with Crippen LogP contribution in [0.4, 0.5) is 0 Å². The summed E-state index contributed by atoms with van der Waals surface area (Å²) in [6, 6.07) is 10.2. The van der Waals surface area contributed by atoms with E-state index in [-0.39, 0.29) is 18.4 Å². The van der Waals surface area contributed by atoms with Crippen molar-refractivity contribution in [2.75, 3.05) is 39.5 Å². The molecule has 0 saturated carbocycles. The Labute approximate surface area is 155 Å². The second-order valence-corrected chi connectivity index (χ2v) is 9.56. The van der Waals surface area contributed by atoms with E-state index in [1.54, 1.807) is 11.8 Å². The lowest BCUT2D eigenvalue weighted by atomic mass is 9.99. The molecule has 1 atom stereocenters. The van der Waals surface area contributed by atoms with E-state index >= 15 is 0 Å². The first-order chi connectivity index (χ1) is 11.9. The fraction of sp³-hybridized carbons (Fsp3) is 0.588. The summed E-state index contributed by atoms with van der Waals surface area (Å²) in [5.74, 6) is 1.46. The Bertz CT molecular complexity index is 650. The average molecular weight is 386 g/mol. The van der Waals surface area contributed by atoms with Crippen LogP contribution in [0.15, 0.2) is 30.3 Å². The second kappa shape index (κ2) is 9.56. The molecule has 1 aliphatic rings. The normalized spacial score (nSPS) is 19.1. The molecule has 6 nitrogen and oxygen atoms in total. The molecular weight excluding hydrogens is 358 g/mol. The van der Waals surface area contributed by atoms with E-state index in [1.165, 1.54) is 28.3 Å². The molecule has 0 bridgehead atoms.